The van der Waals surface area contributed by atoms with Crippen molar-refractivity contribution in [1.29, 1.82) is 0 Å². The van der Waals surface area contributed by atoms with Gasteiger partial charge >= 0.3 is 12.6 Å². The van der Waals surface area contributed by atoms with E-state index in [4.69, 9.17) is 25.8 Å². The highest BCUT2D eigenvalue weighted by atomic mass is 19.3. The second kappa shape index (κ2) is 29.0. The third kappa shape index (κ3) is 16.0. The zero-order chi connectivity index (χ0) is 76.1. The summed E-state index contributed by atoms with van der Waals surface area (Å²) < 4.78 is 174. The summed E-state index contributed by atoms with van der Waals surface area (Å²) in [5, 5.41) is 12.5. The molecule has 0 amide bonds. The van der Waals surface area contributed by atoms with Crippen LogP contribution in [0.1, 0.15) is 116 Å². The van der Waals surface area contributed by atoms with Crippen LogP contribution in [-0.4, -0.2) is 76.6 Å². The van der Waals surface area contributed by atoms with Gasteiger partial charge in [-0.2, -0.15) is 0 Å². The fraction of sp³-hybridized carbons (Fsp3) is 0.329. The quantitative estimate of drug-likeness (QED) is 0.0426. The summed E-state index contributed by atoms with van der Waals surface area (Å²) in [5.41, 5.74) is 2.80. The zero-order valence-electron chi connectivity index (χ0n) is 61.5. The monoisotopic (exact) mass is 1400 g/mol. The molecule has 4 aliphatic rings. The van der Waals surface area contributed by atoms with Gasteiger partial charge in [-0.3, -0.25) is 14.4 Å². The zero-order valence-corrected chi connectivity index (χ0v) is 56.5. The van der Waals surface area contributed by atoms with Crippen molar-refractivity contribution >= 4 is 39.2 Å². The van der Waals surface area contributed by atoms with E-state index in [0.717, 1.165) is 11.1 Å². The molecule has 10 aromatic rings. The lowest BCUT2D eigenvalue weighted by Gasteiger charge is -2.28. The summed E-state index contributed by atoms with van der Waals surface area (Å²) in [6.45, 7) is 1.81. The summed E-state index contributed by atoms with van der Waals surface area (Å²) in [6, 6.07) is 54.7. The number of carbonyl (C=O) groups is 3. The van der Waals surface area contributed by atoms with Crippen molar-refractivity contribution in [2.24, 2.45) is 0 Å². The van der Waals surface area contributed by atoms with Gasteiger partial charge in [0.2, 0.25) is 0 Å². The number of aliphatic hydroxyl groups is 1. The number of alkyl halides is 4. The number of ether oxygens (including phenoxy) is 8. The minimum atomic E-state index is -3.80. The van der Waals surface area contributed by atoms with Crippen molar-refractivity contribution in [3.8, 4) is 23.0 Å². The number of carbonyl (C=O) groups excluding carboxylic acids is 3. The molecule has 1 N–H and O–H groups in total. The van der Waals surface area contributed by atoms with Crippen LogP contribution in [-0.2, 0) is 107 Å². The van der Waals surface area contributed by atoms with Gasteiger partial charge in [0.1, 0.15) is 29.8 Å². The van der Waals surface area contributed by atoms with Crippen LogP contribution >= 0.6 is 0 Å². The van der Waals surface area contributed by atoms with Gasteiger partial charge in [0.25, 0.3) is 0 Å². The van der Waals surface area contributed by atoms with Gasteiger partial charge < -0.3 is 52.1 Å². The number of rotatable bonds is 30. The van der Waals surface area contributed by atoms with Gasteiger partial charge in [-0.15, -0.1) is 17.6 Å². The Hall–Kier alpha value is -9.57. The SMILES string of the molecule is [2H]C(O)(Cn1c(C(C)(C)COCc2ccccc2)cc2cc(CC(=O)C3(c4ccc5c(c4)OC(F)(F)O5)CC3)c(F)cc21)C([2H])([2H])OCc1ccccc1.[2H]C([2H])(OCc1ccccc1)C(=O)Cn1c(C(C)(C)COCc2ccccc2)cc2cc(CC(=O)C3(c4ccc5c(c4)OC(F)(F)O5)CC3)c(F)cc21. The highest BCUT2D eigenvalue weighted by molar-refractivity contribution is 5.97. The number of aromatic nitrogens is 2. The molecule has 0 spiro atoms. The number of ketones is 3. The number of hydrogen-bond acceptors (Lipinski definition) is 12. The molecule has 530 valence electrons. The predicted octanol–water partition coefficient (Wildman–Crippen LogP) is 16.2. The smallest absolute Gasteiger partial charge is 0.395 e. The summed E-state index contributed by atoms with van der Waals surface area (Å²) in [6.07, 6.45) is -9.10. The molecule has 0 radical (unpaired) electrons. The molecule has 20 heteroatoms. The van der Waals surface area contributed by atoms with Crippen molar-refractivity contribution < 1.29 is 90.6 Å². The second-order valence-electron chi connectivity index (χ2n) is 27.6. The molecule has 2 saturated carbocycles. The topological polar surface area (TPSA) is 155 Å². The molecule has 2 aliphatic heterocycles. The van der Waals surface area contributed by atoms with Crippen LogP contribution in [0.2, 0.25) is 0 Å². The number of halogens is 6. The number of Topliss-reactive ketones (excluding diaryl/α,β-unsaturated/α-hetero) is 3. The normalized spacial score (nSPS) is 17.3. The van der Waals surface area contributed by atoms with E-state index >= 15 is 8.78 Å². The van der Waals surface area contributed by atoms with Gasteiger partial charge in [0.15, 0.2) is 28.8 Å². The van der Waals surface area contributed by atoms with Crippen molar-refractivity contribution in [1.82, 2.24) is 9.13 Å². The lowest BCUT2D eigenvalue weighted by molar-refractivity contribution is -0.287. The van der Waals surface area contributed by atoms with Crippen molar-refractivity contribution in [2.45, 2.75) is 146 Å². The molecule has 1 atom stereocenters. The highest BCUT2D eigenvalue weighted by Gasteiger charge is 2.54. The largest absolute Gasteiger partial charge is 0.586 e. The Kier molecular flexibility index (Phi) is 18.4. The lowest BCUT2D eigenvalue weighted by atomic mass is 9.87. The van der Waals surface area contributed by atoms with Crippen LogP contribution in [0, 0.1) is 11.6 Å². The van der Waals surface area contributed by atoms with Crippen molar-refractivity contribution in [3.63, 3.8) is 0 Å². The van der Waals surface area contributed by atoms with Gasteiger partial charge in [-0.05, 0) is 131 Å². The van der Waals surface area contributed by atoms with Gasteiger partial charge in [0, 0.05) is 45.8 Å². The van der Waals surface area contributed by atoms with E-state index in [1.54, 1.807) is 89.5 Å². The standard InChI is InChI=1S/C41H40F3NO6.C41H38F3NO6/c2*1-39(2,26-49-24-28-11-7-4-8-12-28)37-18-30-17-29(19-38(47)40(15-16-40)31-13-14-35-36(20-31)51-41(43,44)50-35)33(42)21-34(30)45(37)22-32(46)25-48-23-27-9-5-3-6-10-27/h3-14,17-18,20-21,32,46H,15-16,19,22-26H2,1-2H3;3-14,17-18,20-21H,15-16,19,22-26H2,1-2H3/i25D2,32D;25D2. The molecule has 2 fully saturated rings. The second-order valence-corrected chi connectivity index (χ2v) is 27.6. The third-order valence-electron chi connectivity index (χ3n) is 19.0. The van der Waals surface area contributed by atoms with Crippen LogP contribution in [0.4, 0.5) is 26.3 Å². The molecule has 14 nitrogen and oxygen atoms in total. The van der Waals surface area contributed by atoms with Gasteiger partial charge in [-0.1, -0.05) is 161 Å². The highest BCUT2D eigenvalue weighted by Crippen LogP contribution is 2.55. The molecular weight excluding hydrogens is 1320 g/mol. The molecule has 1 unspecified atom stereocenters. The average molecular weight is 1400 g/mol. The average Bonchev–Trinajstić information content (AvgIpc) is 1.61. The predicted molar refractivity (Wildman–Crippen MR) is 370 cm³/mol. The summed E-state index contributed by atoms with van der Waals surface area (Å²) in [4.78, 5) is 41.2. The molecule has 102 heavy (non-hydrogen) atoms. The maximum Gasteiger partial charge on any atom is 0.586 e. The number of benzene rings is 8. The number of fused-ring (bicyclic) bond motifs is 4. The minimum absolute atomic E-state index is 0.107. The van der Waals surface area contributed by atoms with E-state index in [0.29, 0.717) is 88.8 Å². The molecule has 2 aromatic heterocycles. The fourth-order valence-corrected chi connectivity index (χ4v) is 13.3. The first-order valence-electron chi connectivity index (χ1n) is 36.0. The molecular formula is C82H78F6N2O12. The Labute approximate surface area is 593 Å². The Morgan fingerprint density at radius 3 is 1.28 bits per heavy atom. The maximum atomic E-state index is 16.1. The van der Waals surface area contributed by atoms with Crippen LogP contribution < -0.4 is 18.9 Å². The van der Waals surface area contributed by atoms with Crippen LogP contribution in [0.3, 0.4) is 0 Å². The maximum absolute atomic E-state index is 16.1. The van der Waals surface area contributed by atoms with Gasteiger partial charge in [-0.25, -0.2) is 8.78 Å². The molecule has 8 aromatic carbocycles. The lowest BCUT2D eigenvalue weighted by Crippen LogP contribution is -2.30. The van der Waals surface area contributed by atoms with E-state index < -0.39 is 84.0 Å². The van der Waals surface area contributed by atoms with E-state index in [2.05, 4.69) is 18.9 Å². The minimum Gasteiger partial charge on any atom is -0.395 e. The van der Waals surface area contributed by atoms with Crippen molar-refractivity contribution in [3.05, 3.63) is 262 Å². The first-order valence-corrected chi connectivity index (χ1v) is 33.5. The molecule has 2 aliphatic carbocycles. The molecule has 0 bridgehead atoms. The summed E-state index contributed by atoms with van der Waals surface area (Å²) >= 11 is 0. The van der Waals surface area contributed by atoms with E-state index in [-0.39, 0.29) is 90.5 Å². The summed E-state index contributed by atoms with van der Waals surface area (Å²) in [7, 11) is 0. The first-order chi connectivity index (χ1) is 50.6. The van der Waals surface area contributed by atoms with Crippen molar-refractivity contribution in [2.75, 3.05) is 26.3 Å². The summed E-state index contributed by atoms with van der Waals surface area (Å²) in [5.74, 6) is -3.38. The van der Waals surface area contributed by atoms with Crippen LogP contribution in [0.15, 0.2) is 194 Å². The molecule has 4 heterocycles. The van der Waals surface area contributed by atoms with Gasteiger partial charge in [0.05, 0.1) is 94.1 Å². The number of hydrogen-bond donors (Lipinski definition) is 1. The third-order valence-corrected chi connectivity index (χ3v) is 19.0. The van der Waals surface area contributed by atoms with Crippen LogP contribution in [0.5, 0.6) is 23.0 Å². The Morgan fingerprint density at radius 2 is 0.873 bits per heavy atom. The van der Waals surface area contributed by atoms with E-state index in [1.165, 1.54) is 41.0 Å². The first kappa shape index (κ1) is 64.5. The Morgan fingerprint density at radius 1 is 0.500 bits per heavy atom. The Balaban J connectivity index is 0.000000189. The number of nitrogens with zero attached hydrogens (tertiary/aromatic N) is 2. The van der Waals surface area contributed by atoms with Crippen LogP contribution in [0.25, 0.3) is 21.8 Å². The molecule has 14 rings (SSSR count). The fourth-order valence-electron chi connectivity index (χ4n) is 13.3. The Bertz CT molecular complexity index is 4960. The van der Waals surface area contributed by atoms with E-state index in [1.807, 2.05) is 100 Å². The van der Waals surface area contributed by atoms with E-state index in [9.17, 15) is 37.1 Å². The molecule has 0 saturated heterocycles.